The van der Waals surface area contributed by atoms with E-state index in [1.807, 2.05) is 12.1 Å². The van der Waals surface area contributed by atoms with Gasteiger partial charge in [0.25, 0.3) is 0 Å². The van der Waals surface area contributed by atoms with Crippen LogP contribution in [-0.4, -0.2) is 11.0 Å². The molecule has 0 bridgehead atoms. The van der Waals surface area contributed by atoms with Gasteiger partial charge in [0.05, 0.1) is 0 Å². The number of rotatable bonds is 3. The van der Waals surface area contributed by atoms with Gasteiger partial charge in [0.2, 0.25) is 0 Å². The molecule has 3 heteroatoms. The van der Waals surface area contributed by atoms with Crippen LogP contribution in [0.5, 0.6) is 0 Å². The van der Waals surface area contributed by atoms with Crippen LogP contribution in [0, 0.1) is 0 Å². The lowest BCUT2D eigenvalue weighted by molar-refractivity contribution is 0.467. The van der Waals surface area contributed by atoms with Crippen molar-refractivity contribution >= 4 is 11.6 Å². The van der Waals surface area contributed by atoms with E-state index in [4.69, 9.17) is 11.6 Å². The Morgan fingerprint density at radius 2 is 2.44 bits per heavy atom. The van der Waals surface area contributed by atoms with Crippen molar-refractivity contribution in [3.05, 3.63) is 41.2 Å². The molecule has 1 heterocycles. The lowest BCUT2D eigenvalue weighted by Gasteiger charge is -2.23. The zero-order valence-electron chi connectivity index (χ0n) is 9.49. The molecule has 1 aliphatic rings. The zero-order chi connectivity index (χ0) is 11.4. The topological polar surface area (TPSA) is 24.9 Å². The van der Waals surface area contributed by atoms with E-state index in [-0.39, 0.29) is 6.04 Å². The number of hydrogen-bond donors (Lipinski definition) is 1. The molecule has 1 N–H and O–H groups in total. The van der Waals surface area contributed by atoms with E-state index in [0.717, 1.165) is 5.56 Å². The number of nitrogens with zero attached hydrogens (tertiary/aromatic N) is 1. The third kappa shape index (κ3) is 2.83. The average molecular weight is 237 g/mol. The summed E-state index contributed by atoms with van der Waals surface area (Å²) in [6.45, 7) is 2.13. The van der Waals surface area contributed by atoms with Gasteiger partial charge in [-0.15, -0.1) is 0 Å². The van der Waals surface area contributed by atoms with Crippen molar-refractivity contribution in [1.82, 2.24) is 10.3 Å². The van der Waals surface area contributed by atoms with E-state index in [1.54, 1.807) is 6.20 Å². The first-order valence-corrected chi connectivity index (χ1v) is 6.18. The highest BCUT2D eigenvalue weighted by molar-refractivity contribution is 6.30. The van der Waals surface area contributed by atoms with Gasteiger partial charge in [-0.1, -0.05) is 29.8 Å². The normalized spacial score (nSPS) is 22.0. The second-order valence-corrected chi connectivity index (χ2v) is 4.60. The largest absolute Gasteiger partial charge is 0.304 e. The fourth-order valence-corrected chi connectivity index (χ4v) is 2.37. The Bertz CT molecular complexity index is 376. The summed E-state index contributed by atoms with van der Waals surface area (Å²) in [5.41, 5.74) is 1.07. The summed E-state index contributed by atoms with van der Waals surface area (Å²) in [6, 6.07) is 4.67. The quantitative estimate of drug-likeness (QED) is 0.642. The predicted molar refractivity (Wildman–Crippen MR) is 67.6 cm³/mol. The highest BCUT2D eigenvalue weighted by Crippen LogP contribution is 2.22. The molecule has 0 radical (unpaired) electrons. The maximum absolute atomic E-state index is 6.07. The summed E-state index contributed by atoms with van der Waals surface area (Å²) < 4.78 is 0. The Morgan fingerprint density at radius 3 is 3.12 bits per heavy atom. The van der Waals surface area contributed by atoms with Crippen LogP contribution in [0.25, 0.3) is 0 Å². The second kappa shape index (κ2) is 5.46. The van der Waals surface area contributed by atoms with Gasteiger partial charge in [-0.3, -0.25) is 0 Å². The summed E-state index contributed by atoms with van der Waals surface area (Å²) in [6.07, 6.45) is 9.91. The molecule has 0 aromatic carbocycles. The average Bonchev–Trinajstić information content (AvgIpc) is 2.31. The highest BCUT2D eigenvalue weighted by Gasteiger charge is 2.14. The third-order valence-corrected chi connectivity index (χ3v) is 3.29. The van der Waals surface area contributed by atoms with Crippen LogP contribution in [0.4, 0.5) is 0 Å². The minimum Gasteiger partial charge on any atom is -0.304 e. The molecule has 0 aliphatic heterocycles. The van der Waals surface area contributed by atoms with Crippen molar-refractivity contribution in [3.8, 4) is 0 Å². The van der Waals surface area contributed by atoms with E-state index in [0.29, 0.717) is 11.2 Å². The van der Waals surface area contributed by atoms with E-state index < -0.39 is 0 Å². The third-order valence-electron chi connectivity index (χ3n) is 2.97. The predicted octanol–water partition coefficient (Wildman–Crippen LogP) is 3.49. The van der Waals surface area contributed by atoms with Gasteiger partial charge >= 0.3 is 0 Å². The minimum atomic E-state index is 0.244. The lowest BCUT2D eigenvalue weighted by atomic mass is 10.0. The molecule has 2 atom stereocenters. The van der Waals surface area contributed by atoms with Gasteiger partial charge in [0.1, 0.15) is 5.15 Å². The van der Waals surface area contributed by atoms with Crippen molar-refractivity contribution in [3.63, 3.8) is 0 Å². The minimum absolute atomic E-state index is 0.244. The lowest BCUT2D eigenvalue weighted by Crippen LogP contribution is -2.31. The number of nitrogens with one attached hydrogen (secondary N) is 1. The van der Waals surface area contributed by atoms with E-state index in [1.165, 1.54) is 19.3 Å². The second-order valence-electron chi connectivity index (χ2n) is 4.24. The molecule has 0 fully saturated rings. The van der Waals surface area contributed by atoms with Crippen LogP contribution >= 0.6 is 11.6 Å². The summed E-state index contributed by atoms with van der Waals surface area (Å²) in [4.78, 5) is 4.10. The molecule has 2 unspecified atom stereocenters. The summed E-state index contributed by atoms with van der Waals surface area (Å²) in [5, 5.41) is 4.16. The molecular formula is C13H17ClN2. The van der Waals surface area contributed by atoms with Crippen LogP contribution in [0.15, 0.2) is 30.5 Å². The molecule has 0 saturated carbocycles. The smallest absolute Gasteiger partial charge is 0.133 e. The van der Waals surface area contributed by atoms with Gasteiger partial charge in [-0.25, -0.2) is 4.98 Å². The van der Waals surface area contributed by atoms with E-state index in [2.05, 4.69) is 29.4 Å². The maximum atomic E-state index is 6.07. The summed E-state index contributed by atoms with van der Waals surface area (Å²) in [7, 11) is 0. The van der Waals surface area contributed by atoms with Crippen LogP contribution < -0.4 is 5.32 Å². The van der Waals surface area contributed by atoms with Gasteiger partial charge in [0.15, 0.2) is 0 Å². The van der Waals surface area contributed by atoms with Gasteiger partial charge < -0.3 is 5.32 Å². The maximum Gasteiger partial charge on any atom is 0.133 e. The molecule has 86 valence electrons. The monoisotopic (exact) mass is 236 g/mol. The number of halogens is 1. The number of pyridine rings is 1. The number of allylic oxidation sites excluding steroid dienone is 1. The standard InChI is InChI=1S/C13H17ClN2/c1-10(12-8-5-9-15-13(12)14)16-11-6-3-2-4-7-11/h3,5-6,8-11,16H,2,4,7H2,1H3. The molecule has 0 saturated heterocycles. The first-order chi connectivity index (χ1) is 7.77. The first kappa shape index (κ1) is 11.6. The highest BCUT2D eigenvalue weighted by atomic mass is 35.5. The fourth-order valence-electron chi connectivity index (χ4n) is 2.08. The van der Waals surface area contributed by atoms with Crippen molar-refractivity contribution in [2.75, 3.05) is 0 Å². The van der Waals surface area contributed by atoms with Gasteiger partial charge in [0, 0.05) is 23.8 Å². The van der Waals surface area contributed by atoms with Crippen LogP contribution in [0.2, 0.25) is 5.15 Å². The van der Waals surface area contributed by atoms with Gasteiger partial charge in [-0.2, -0.15) is 0 Å². The van der Waals surface area contributed by atoms with Crippen molar-refractivity contribution in [2.24, 2.45) is 0 Å². The van der Waals surface area contributed by atoms with Crippen molar-refractivity contribution < 1.29 is 0 Å². The Morgan fingerprint density at radius 1 is 1.56 bits per heavy atom. The Balaban J connectivity index is 2.02. The van der Waals surface area contributed by atoms with Crippen molar-refractivity contribution in [1.29, 1.82) is 0 Å². The van der Waals surface area contributed by atoms with Crippen molar-refractivity contribution in [2.45, 2.75) is 38.3 Å². The first-order valence-electron chi connectivity index (χ1n) is 5.80. The molecule has 2 nitrogen and oxygen atoms in total. The molecule has 1 aromatic rings. The fraction of sp³-hybridized carbons (Fsp3) is 0.462. The number of aromatic nitrogens is 1. The molecule has 0 amide bonds. The molecule has 1 aliphatic carbocycles. The number of hydrogen-bond acceptors (Lipinski definition) is 2. The Kier molecular flexibility index (Phi) is 3.97. The van der Waals surface area contributed by atoms with E-state index >= 15 is 0 Å². The molecular weight excluding hydrogens is 220 g/mol. The molecule has 16 heavy (non-hydrogen) atoms. The van der Waals surface area contributed by atoms with Gasteiger partial charge in [-0.05, 0) is 32.3 Å². The SMILES string of the molecule is CC(NC1C=CCCC1)c1cccnc1Cl. The Hall–Kier alpha value is -0.860. The zero-order valence-corrected chi connectivity index (χ0v) is 10.2. The summed E-state index contributed by atoms with van der Waals surface area (Å²) >= 11 is 6.07. The van der Waals surface area contributed by atoms with Crippen LogP contribution in [-0.2, 0) is 0 Å². The van der Waals surface area contributed by atoms with E-state index in [9.17, 15) is 0 Å². The molecule has 1 aromatic heterocycles. The summed E-state index contributed by atoms with van der Waals surface area (Å²) in [5.74, 6) is 0. The molecule has 0 spiro atoms. The van der Waals surface area contributed by atoms with Crippen LogP contribution in [0.3, 0.4) is 0 Å². The molecule has 2 rings (SSSR count). The van der Waals surface area contributed by atoms with Crippen LogP contribution in [0.1, 0.15) is 37.8 Å². The Labute approximate surface area is 102 Å².